The van der Waals surface area contributed by atoms with E-state index < -0.39 is 10.5 Å². The van der Waals surface area contributed by atoms with Crippen molar-refractivity contribution in [3.63, 3.8) is 0 Å². The van der Waals surface area contributed by atoms with E-state index >= 15 is 0 Å². The number of nitro groups is 1. The number of rotatable bonds is 2. The van der Waals surface area contributed by atoms with E-state index in [9.17, 15) is 14.9 Å². The largest absolute Gasteiger partial charge is 0.490 e. The molecule has 6 nitrogen and oxygen atoms in total. The molecule has 1 aromatic carbocycles. The molecule has 1 aromatic heterocycles. The van der Waals surface area contributed by atoms with Crippen LogP contribution in [0.3, 0.4) is 0 Å². The molecule has 82 valence electrons. The summed E-state index contributed by atoms with van der Waals surface area (Å²) in [4.78, 5) is 21.3. The van der Waals surface area contributed by atoms with Gasteiger partial charge in [0.2, 0.25) is 0 Å². The van der Waals surface area contributed by atoms with E-state index in [-0.39, 0.29) is 22.4 Å². The maximum atomic E-state index is 11.0. The number of nitrogens with zero attached hydrogens (tertiary/aromatic N) is 1. The number of ether oxygens (including phenoxy) is 1. The fourth-order valence-electron chi connectivity index (χ4n) is 1.47. The third kappa shape index (κ3) is 1.50. The van der Waals surface area contributed by atoms with Crippen molar-refractivity contribution in [2.45, 2.75) is 0 Å². The summed E-state index contributed by atoms with van der Waals surface area (Å²) in [6, 6.07) is 5.34. The SMILES string of the molecule is COc1ccc2oc(=O)ccc2c1[N+](=O)[O-]. The second-order valence-corrected chi connectivity index (χ2v) is 3.04. The molecule has 0 fully saturated rings. The molecular formula is C10H7NO5. The highest BCUT2D eigenvalue weighted by Gasteiger charge is 2.20. The molecule has 0 bridgehead atoms. The number of fused-ring (bicyclic) bond motifs is 1. The Morgan fingerprint density at radius 3 is 2.69 bits per heavy atom. The summed E-state index contributed by atoms with van der Waals surface area (Å²) in [5.74, 6) is 0.131. The smallest absolute Gasteiger partial charge is 0.336 e. The first-order chi connectivity index (χ1) is 7.63. The van der Waals surface area contributed by atoms with E-state index in [1.807, 2.05) is 0 Å². The maximum Gasteiger partial charge on any atom is 0.336 e. The molecule has 0 saturated carbocycles. The molecule has 0 spiro atoms. The first kappa shape index (κ1) is 10.2. The monoisotopic (exact) mass is 221 g/mol. The third-order valence-corrected chi connectivity index (χ3v) is 2.14. The molecule has 2 rings (SSSR count). The van der Waals surface area contributed by atoms with Crippen LogP contribution in [0.25, 0.3) is 11.0 Å². The second kappa shape index (κ2) is 3.65. The van der Waals surface area contributed by atoms with Gasteiger partial charge in [-0.1, -0.05) is 0 Å². The van der Waals surface area contributed by atoms with Crippen molar-refractivity contribution in [1.29, 1.82) is 0 Å². The van der Waals surface area contributed by atoms with Crippen LogP contribution in [0.15, 0.2) is 33.5 Å². The summed E-state index contributed by atoms with van der Waals surface area (Å²) in [5, 5.41) is 11.1. The Bertz CT molecular complexity index is 616. The van der Waals surface area contributed by atoms with Crippen LogP contribution in [-0.2, 0) is 0 Å². The molecule has 0 amide bonds. The van der Waals surface area contributed by atoms with Gasteiger partial charge in [-0.15, -0.1) is 0 Å². The maximum absolute atomic E-state index is 11.0. The van der Waals surface area contributed by atoms with Gasteiger partial charge in [0.25, 0.3) is 0 Å². The summed E-state index contributed by atoms with van der Waals surface area (Å²) in [6.45, 7) is 0. The van der Waals surface area contributed by atoms with Crippen LogP contribution < -0.4 is 10.4 Å². The zero-order valence-corrected chi connectivity index (χ0v) is 8.30. The quantitative estimate of drug-likeness (QED) is 0.438. The molecule has 0 saturated heterocycles. The van der Waals surface area contributed by atoms with Crippen LogP contribution >= 0.6 is 0 Å². The van der Waals surface area contributed by atoms with Crippen molar-refractivity contribution >= 4 is 16.7 Å². The van der Waals surface area contributed by atoms with Gasteiger partial charge < -0.3 is 9.15 Å². The van der Waals surface area contributed by atoms with Crippen LogP contribution in [-0.4, -0.2) is 12.0 Å². The summed E-state index contributed by atoms with van der Waals surface area (Å²) in [5.41, 5.74) is -0.587. The fraction of sp³-hybridized carbons (Fsp3) is 0.100. The van der Waals surface area contributed by atoms with Gasteiger partial charge in [0, 0.05) is 6.07 Å². The summed E-state index contributed by atoms with van der Waals surface area (Å²) in [6.07, 6.45) is 0. The first-order valence-corrected chi connectivity index (χ1v) is 4.38. The Labute approximate surface area is 89.2 Å². The number of methoxy groups -OCH3 is 1. The summed E-state index contributed by atoms with van der Waals surface area (Å²) in [7, 11) is 1.34. The Balaban J connectivity index is 2.89. The van der Waals surface area contributed by atoms with Gasteiger partial charge in [-0.05, 0) is 18.2 Å². The first-order valence-electron chi connectivity index (χ1n) is 4.38. The summed E-state index contributed by atoms with van der Waals surface area (Å²) < 4.78 is 9.72. The molecule has 0 aliphatic rings. The predicted octanol–water partition coefficient (Wildman–Crippen LogP) is 1.71. The van der Waals surface area contributed by atoms with Gasteiger partial charge in [-0.2, -0.15) is 0 Å². The van der Waals surface area contributed by atoms with Gasteiger partial charge >= 0.3 is 11.3 Å². The Hall–Kier alpha value is -2.37. The van der Waals surface area contributed by atoms with E-state index in [0.717, 1.165) is 6.07 Å². The number of benzene rings is 1. The van der Waals surface area contributed by atoms with Crippen molar-refractivity contribution in [3.8, 4) is 5.75 Å². The minimum absolute atomic E-state index is 0.131. The third-order valence-electron chi connectivity index (χ3n) is 2.14. The Morgan fingerprint density at radius 2 is 2.06 bits per heavy atom. The second-order valence-electron chi connectivity index (χ2n) is 3.04. The zero-order valence-electron chi connectivity index (χ0n) is 8.30. The van der Waals surface area contributed by atoms with Gasteiger partial charge in [0.15, 0.2) is 5.75 Å². The van der Waals surface area contributed by atoms with Crippen molar-refractivity contribution in [3.05, 3.63) is 44.8 Å². The van der Waals surface area contributed by atoms with E-state index in [0.29, 0.717) is 0 Å². The van der Waals surface area contributed by atoms with Gasteiger partial charge in [-0.25, -0.2) is 4.79 Å². The molecule has 6 heteroatoms. The minimum Gasteiger partial charge on any atom is -0.490 e. The van der Waals surface area contributed by atoms with E-state index in [1.165, 1.54) is 25.3 Å². The van der Waals surface area contributed by atoms with Crippen molar-refractivity contribution < 1.29 is 14.1 Å². The van der Waals surface area contributed by atoms with Crippen LogP contribution in [0.5, 0.6) is 5.75 Å². The topological polar surface area (TPSA) is 82.6 Å². The molecule has 0 radical (unpaired) electrons. The highest BCUT2D eigenvalue weighted by atomic mass is 16.6. The highest BCUT2D eigenvalue weighted by molar-refractivity contribution is 5.89. The van der Waals surface area contributed by atoms with Crippen molar-refractivity contribution in [2.75, 3.05) is 7.11 Å². The number of hydrogen-bond donors (Lipinski definition) is 0. The van der Waals surface area contributed by atoms with Crippen LogP contribution in [0, 0.1) is 10.1 Å². The summed E-state index contributed by atoms with van der Waals surface area (Å²) >= 11 is 0. The lowest BCUT2D eigenvalue weighted by atomic mass is 10.2. The molecule has 0 aliphatic heterocycles. The lowest BCUT2D eigenvalue weighted by molar-refractivity contribution is -0.384. The van der Waals surface area contributed by atoms with Gasteiger partial charge in [-0.3, -0.25) is 10.1 Å². The van der Waals surface area contributed by atoms with Crippen LogP contribution in [0.2, 0.25) is 0 Å². The predicted molar refractivity (Wildman–Crippen MR) is 55.7 cm³/mol. The number of nitro benzene ring substituents is 1. The number of hydrogen-bond acceptors (Lipinski definition) is 5. The molecule has 0 atom stereocenters. The normalized spacial score (nSPS) is 10.3. The molecule has 16 heavy (non-hydrogen) atoms. The van der Waals surface area contributed by atoms with Gasteiger partial charge in [0.05, 0.1) is 17.4 Å². The van der Waals surface area contributed by atoms with E-state index in [2.05, 4.69) is 0 Å². The van der Waals surface area contributed by atoms with Gasteiger partial charge in [0.1, 0.15) is 5.58 Å². The zero-order chi connectivity index (χ0) is 11.7. The van der Waals surface area contributed by atoms with E-state index in [4.69, 9.17) is 9.15 Å². The molecule has 2 aromatic rings. The average Bonchev–Trinajstić information content (AvgIpc) is 2.26. The Morgan fingerprint density at radius 1 is 1.31 bits per heavy atom. The molecule has 0 aliphatic carbocycles. The van der Waals surface area contributed by atoms with E-state index in [1.54, 1.807) is 0 Å². The Kier molecular flexibility index (Phi) is 2.32. The molecule has 0 unspecified atom stereocenters. The highest BCUT2D eigenvalue weighted by Crippen LogP contribution is 2.34. The lowest BCUT2D eigenvalue weighted by Gasteiger charge is -2.03. The molecule has 0 N–H and O–H groups in total. The van der Waals surface area contributed by atoms with Crippen molar-refractivity contribution in [1.82, 2.24) is 0 Å². The average molecular weight is 221 g/mol. The minimum atomic E-state index is -0.568. The molecule has 1 heterocycles. The van der Waals surface area contributed by atoms with Crippen molar-refractivity contribution in [2.24, 2.45) is 0 Å². The van der Waals surface area contributed by atoms with Crippen LogP contribution in [0.1, 0.15) is 0 Å². The standard InChI is InChI=1S/C10H7NO5/c1-15-8-4-3-7-6(10(8)11(13)14)2-5-9(12)16-7/h2-5H,1H3. The van der Waals surface area contributed by atoms with Crippen LogP contribution in [0.4, 0.5) is 5.69 Å². The fourth-order valence-corrected chi connectivity index (χ4v) is 1.47. The molecular weight excluding hydrogens is 214 g/mol. The lowest BCUT2D eigenvalue weighted by Crippen LogP contribution is -1.98.